The van der Waals surface area contributed by atoms with Crippen molar-refractivity contribution in [2.45, 2.75) is 122 Å². The molecular weight excluding hydrogens is 1170 g/mol. The van der Waals surface area contributed by atoms with Gasteiger partial charge in [0, 0.05) is 70.9 Å². The number of aliphatic carboxylic acids is 4. The molecule has 0 radical (unpaired) electrons. The first kappa shape index (κ1) is 71.4. The molecule has 0 aliphatic carbocycles. The van der Waals surface area contributed by atoms with Gasteiger partial charge in [0.05, 0.1) is 45.0 Å². The summed E-state index contributed by atoms with van der Waals surface area (Å²) < 4.78 is 51.3. The summed E-state index contributed by atoms with van der Waals surface area (Å²) >= 11 is 0. The number of rotatable bonds is 33. The Labute approximate surface area is 525 Å². The Morgan fingerprint density at radius 3 is 1.90 bits per heavy atom. The van der Waals surface area contributed by atoms with Gasteiger partial charge in [-0.2, -0.15) is 13.2 Å². The summed E-state index contributed by atoms with van der Waals surface area (Å²) in [6, 6.07) is 24.2. The first-order valence-corrected chi connectivity index (χ1v) is 31.2. The predicted octanol–water partition coefficient (Wildman–Crippen LogP) is 7.88. The van der Waals surface area contributed by atoms with Crippen LogP contribution >= 0.6 is 0 Å². The number of unbranched alkanes of at least 4 members (excludes halogenated alkanes) is 4. The van der Waals surface area contributed by atoms with Crippen LogP contribution in [0.4, 0.5) is 13.2 Å². The van der Waals surface area contributed by atoms with Gasteiger partial charge < -0.3 is 41.1 Å². The Balaban J connectivity index is 1.09. The van der Waals surface area contributed by atoms with Gasteiger partial charge >= 0.3 is 30.1 Å². The number of benzene rings is 4. The smallest absolute Gasteiger partial charge is 0.417 e. The van der Waals surface area contributed by atoms with Gasteiger partial charge in [-0.05, 0) is 124 Å². The van der Waals surface area contributed by atoms with Crippen molar-refractivity contribution in [1.82, 2.24) is 40.4 Å². The van der Waals surface area contributed by atoms with Crippen LogP contribution in [0.25, 0.3) is 23.3 Å². The van der Waals surface area contributed by atoms with Crippen LogP contribution in [0.1, 0.15) is 116 Å². The summed E-state index contributed by atoms with van der Waals surface area (Å²) in [5.41, 5.74) is 5.12. The van der Waals surface area contributed by atoms with E-state index in [1.54, 1.807) is 25.7 Å². The molecule has 0 bridgehead atoms. The number of carboxylic acid groups (broad SMARTS) is 4. The van der Waals surface area contributed by atoms with E-state index in [1.165, 1.54) is 17.0 Å². The molecule has 0 saturated carbocycles. The number of hydrogen-bond acceptors (Lipinski definition) is 13. The number of carbonyl (C=O) groups is 7. The quantitative estimate of drug-likeness (QED) is 0.0177. The molecule has 2 heterocycles. The topological polar surface area (TPSA) is 262 Å². The number of hydrogen-bond donors (Lipinski definition) is 7. The summed E-state index contributed by atoms with van der Waals surface area (Å²) in [6.45, 7) is 4.64. The zero-order chi connectivity index (χ0) is 65.0. The fourth-order valence-electron chi connectivity index (χ4n) is 11.4. The molecule has 3 amide bonds. The van der Waals surface area contributed by atoms with Gasteiger partial charge in [-0.15, -0.1) is 0 Å². The molecule has 4 aromatic carbocycles. The molecule has 490 valence electrons. The van der Waals surface area contributed by atoms with E-state index in [0.717, 1.165) is 45.9 Å². The first-order chi connectivity index (χ1) is 43.1. The van der Waals surface area contributed by atoms with Crippen molar-refractivity contribution in [2.24, 2.45) is 0 Å². The lowest BCUT2D eigenvalue weighted by atomic mass is 9.95. The molecule has 2 atom stereocenters. The number of nitrogens with one attached hydrogen (secondary N) is 3. The second-order valence-corrected chi connectivity index (χ2v) is 23.4. The number of ether oxygens (including phenoxy) is 1. The maximum atomic E-state index is 15.0. The summed E-state index contributed by atoms with van der Waals surface area (Å²) in [7, 11) is 0. The fraction of sp³-hybridized carbons (Fsp3) is 0.507. The minimum Gasteiger partial charge on any atom is -0.493 e. The molecule has 2 aliphatic heterocycles. The molecule has 20 nitrogen and oxygen atoms in total. The van der Waals surface area contributed by atoms with E-state index >= 15 is 0 Å². The number of aryl methyl sites for hydroxylation is 2. The van der Waals surface area contributed by atoms with Crippen molar-refractivity contribution in [2.75, 3.05) is 98.4 Å². The number of piperidine rings is 1. The minimum atomic E-state index is -4.74. The van der Waals surface area contributed by atoms with Crippen LogP contribution in [0.15, 0.2) is 84.9 Å². The number of amides is 3. The summed E-state index contributed by atoms with van der Waals surface area (Å²) in [5, 5.41) is 47.8. The van der Waals surface area contributed by atoms with Gasteiger partial charge in [0.2, 0.25) is 17.7 Å². The first-order valence-electron chi connectivity index (χ1n) is 31.2. The highest BCUT2D eigenvalue weighted by atomic mass is 19.4. The number of nitrogens with zero attached hydrogens (tertiary/aromatic N) is 5. The zero-order valence-corrected chi connectivity index (χ0v) is 51.8. The lowest BCUT2D eigenvalue weighted by Gasteiger charge is -2.33. The van der Waals surface area contributed by atoms with Crippen molar-refractivity contribution >= 4 is 53.8 Å². The van der Waals surface area contributed by atoms with E-state index in [0.29, 0.717) is 83.7 Å². The van der Waals surface area contributed by atoms with Crippen molar-refractivity contribution in [3.63, 3.8) is 0 Å². The molecule has 7 N–H and O–H groups in total. The monoisotopic (exact) mass is 1250 g/mol. The average Bonchev–Trinajstić information content (AvgIpc) is 1.35. The molecule has 4 aromatic rings. The third-order valence-corrected chi connectivity index (χ3v) is 16.3. The predicted molar refractivity (Wildman–Crippen MR) is 336 cm³/mol. The summed E-state index contributed by atoms with van der Waals surface area (Å²) in [4.78, 5) is 96.5. The van der Waals surface area contributed by atoms with Crippen molar-refractivity contribution < 1.29 is 71.9 Å². The van der Waals surface area contributed by atoms with E-state index in [9.17, 15) is 67.2 Å². The maximum absolute atomic E-state index is 15.0. The van der Waals surface area contributed by atoms with Crippen LogP contribution in [-0.4, -0.2) is 197 Å². The number of carboxylic acids is 4. The van der Waals surface area contributed by atoms with Crippen LogP contribution in [0.3, 0.4) is 0 Å². The van der Waals surface area contributed by atoms with Crippen molar-refractivity contribution in [3.8, 4) is 16.9 Å². The van der Waals surface area contributed by atoms with Crippen LogP contribution < -0.4 is 20.7 Å². The highest BCUT2D eigenvalue weighted by Gasteiger charge is 2.36. The van der Waals surface area contributed by atoms with Gasteiger partial charge in [0.25, 0.3) is 0 Å². The zero-order valence-electron chi connectivity index (χ0n) is 51.8. The Bertz CT molecular complexity index is 3020. The lowest BCUT2D eigenvalue weighted by Crippen LogP contribution is -2.51. The van der Waals surface area contributed by atoms with E-state index in [1.807, 2.05) is 86.6 Å². The second-order valence-electron chi connectivity index (χ2n) is 23.4. The van der Waals surface area contributed by atoms with Gasteiger partial charge in [0.1, 0.15) is 17.8 Å². The van der Waals surface area contributed by atoms with Crippen molar-refractivity contribution in [1.29, 1.82) is 0 Å². The minimum absolute atomic E-state index is 0.0322. The van der Waals surface area contributed by atoms with Crippen LogP contribution in [0, 0.1) is 13.8 Å². The van der Waals surface area contributed by atoms with Gasteiger partial charge in [-0.1, -0.05) is 110 Å². The summed E-state index contributed by atoms with van der Waals surface area (Å²) in [6.07, 6.45) is 5.45. The molecular formula is C67H89F3N8O12. The molecule has 0 aromatic heterocycles. The number of alkyl halides is 3. The lowest BCUT2D eigenvalue weighted by molar-refractivity contribution is -0.145. The van der Waals surface area contributed by atoms with Gasteiger partial charge in [-0.25, -0.2) is 0 Å². The van der Waals surface area contributed by atoms with Gasteiger partial charge in [-0.3, -0.25) is 58.1 Å². The number of carbonyl (C=O) groups excluding carboxylic acids is 3. The standard InChI is InChI=1S/C67H89F3N8O12/c1-48-24-26-50(27-25-48)16-14-23-60(79)71-30-11-8-21-57(73-61(80)43-74-33-34-75(44-62(81)82)36-38-77(46-64(85)86)47-76(37-35-74)45-63(83)84)65(87)72-31-10-3-4-13-39-90-59-41-53(29-28-51-19-15-20-55(49(51)2)52-17-6-5-7-18-52)56(67(68,69)70)40-54(59)42-78-32-12-9-22-58(78)66(88)89/h5-7,15,17-20,24-29,40-41,57-58H,3-4,8-14,16,21-23,30-39,42-47H2,1-2H3,(H,71,79)(H,72,87)(H,73,80)(H,81,82)(H,83,84)(H,85,86)(H,88,89)/b29-28+/t57-,58-/m0/s1. The molecule has 6 rings (SSSR count). The number of halogens is 3. The van der Waals surface area contributed by atoms with E-state index in [2.05, 4.69) is 16.0 Å². The summed E-state index contributed by atoms with van der Waals surface area (Å²) in [5.74, 6) is -5.21. The molecule has 0 spiro atoms. The van der Waals surface area contributed by atoms with Crippen LogP contribution in [0.5, 0.6) is 5.75 Å². The highest BCUT2D eigenvalue weighted by molar-refractivity contribution is 5.88. The molecule has 2 fully saturated rings. The molecule has 2 aliphatic rings. The van der Waals surface area contributed by atoms with Gasteiger partial charge in [0.15, 0.2) is 0 Å². The molecule has 2 saturated heterocycles. The Kier molecular flexibility index (Phi) is 29.2. The second kappa shape index (κ2) is 36.8. The van der Waals surface area contributed by atoms with Crippen molar-refractivity contribution in [3.05, 3.63) is 124 Å². The number of likely N-dealkylation sites (tertiary alicyclic amines) is 1. The molecule has 23 heteroatoms. The maximum Gasteiger partial charge on any atom is 0.417 e. The average molecular weight is 1260 g/mol. The highest BCUT2D eigenvalue weighted by Crippen LogP contribution is 2.39. The van der Waals surface area contributed by atoms with E-state index < -0.39 is 72.6 Å². The van der Waals surface area contributed by atoms with Crippen LogP contribution in [-0.2, 0) is 52.7 Å². The Morgan fingerprint density at radius 1 is 0.633 bits per heavy atom. The fourth-order valence-corrected chi connectivity index (χ4v) is 11.4. The van der Waals surface area contributed by atoms with E-state index in [4.69, 9.17) is 4.74 Å². The SMILES string of the molecule is Cc1ccc(CCCC(=O)NCCCC[C@H](NC(=O)CN2CCN(CC(=O)O)CCN(CC(=O)O)CN(CC(=O)O)CC2)C(=O)NCCCCCCOc2cc(/C=C/c3cccc(-c4ccccc4)c3C)c(C(F)(F)F)cc2CN2CCCC[C@H]2C(=O)O)cc1. The molecule has 90 heavy (non-hydrogen) atoms. The normalized spacial score (nSPS) is 16.4. The third-order valence-electron chi connectivity index (χ3n) is 16.3. The molecule has 0 unspecified atom stereocenters. The third kappa shape index (κ3) is 24.9. The van der Waals surface area contributed by atoms with Crippen LogP contribution in [0.2, 0.25) is 0 Å². The Hall–Kier alpha value is -7.70. The Morgan fingerprint density at radius 2 is 1.24 bits per heavy atom. The largest absolute Gasteiger partial charge is 0.493 e. The van der Waals surface area contributed by atoms with E-state index in [-0.39, 0.29) is 108 Å².